The van der Waals surface area contributed by atoms with Crippen LogP contribution in [0.5, 0.6) is 5.75 Å². The Hall–Kier alpha value is -1.90. The Morgan fingerprint density at radius 2 is 2.11 bits per heavy atom. The zero-order chi connectivity index (χ0) is 13.7. The third-order valence-electron chi connectivity index (χ3n) is 2.64. The molecule has 0 aliphatic carbocycles. The van der Waals surface area contributed by atoms with E-state index in [1.165, 1.54) is 11.3 Å². The van der Waals surface area contributed by atoms with Crippen molar-refractivity contribution < 1.29 is 9.47 Å². The second-order valence-electron chi connectivity index (χ2n) is 3.86. The van der Waals surface area contributed by atoms with Crippen LogP contribution in [0, 0.1) is 11.3 Å². The number of methoxy groups -OCH3 is 2. The van der Waals surface area contributed by atoms with Gasteiger partial charge < -0.3 is 9.47 Å². The first-order chi connectivity index (χ1) is 9.30. The number of aromatic nitrogens is 1. The van der Waals surface area contributed by atoms with Crippen molar-refractivity contribution in [1.29, 1.82) is 5.26 Å². The van der Waals surface area contributed by atoms with Crippen LogP contribution in [0.15, 0.2) is 24.3 Å². The number of nitriles is 1. The molecule has 0 fully saturated rings. The van der Waals surface area contributed by atoms with Crippen LogP contribution < -0.4 is 4.74 Å². The van der Waals surface area contributed by atoms with E-state index in [2.05, 4.69) is 11.1 Å². The van der Waals surface area contributed by atoms with Gasteiger partial charge in [-0.1, -0.05) is 12.1 Å². The maximum atomic E-state index is 8.86. The van der Waals surface area contributed by atoms with Gasteiger partial charge in [0.15, 0.2) is 0 Å². The highest BCUT2D eigenvalue weighted by Crippen LogP contribution is 2.34. The first-order valence-electron chi connectivity index (χ1n) is 5.78. The van der Waals surface area contributed by atoms with Crippen LogP contribution in [0.4, 0.5) is 0 Å². The van der Waals surface area contributed by atoms with Gasteiger partial charge in [-0.2, -0.15) is 5.26 Å². The standard InChI is InChI=1S/C14H14N2O2S/c1-17-9-11-13(7-8-15)19-14(16-11)10-5-3-4-6-12(10)18-2/h3-6H,7,9H2,1-2H3. The lowest BCUT2D eigenvalue weighted by Crippen LogP contribution is -1.92. The predicted octanol–water partition coefficient (Wildman–Crippen LogP) is 3.03. The monoisotopic (exact) mass is 274 g/mol. The zero-order valence-electron chi connectivity index (χ0n) is 10.8. The van der Waals surface area contributed by atoms with Crippen molar-refractivity contribution in [3.63, 3.8) is 0 Å². The van der Waals surface area contributed by atoms with Crippen LogP contribution in [-0.4, -0.2) is 19.2 Å². The minimum Gasteiger partial charge on any atom is -0.496 e. The van der Waals surface area contributed by atoms with Crippen LogP contribution in [0.3, 0.4) is 0 Å². The summed E-state index contributed by atoms with van der Waals surface area (Å²) in [5.41, 5.74) is 1.77. The molecular formula is C14H14N2O2S. The Kier molecular flexibility index (Phi) is 4.50. The summed E-state index contributed by atoms with van der Waals surface area (Å²) in [7, 11) is 3.26. The molecule has 0 aliphatic rings. The molecule has 0 unspecified atom stereocenters. The summed E-state index contributed by atoms with van der Waals surface area (Å²) < 4.78 is 10.5. The molecule has 1 aromatic carbocycles. The highest BCUT2D eigenvalue weighted by atomic mass is 32.1. The summed E-state index contributed by atoms with van der Waals surface area (Å²) in [5.74, 6) is 0.781. The quantitative estimate of drug-likeness (QED) is 0.841. The fourth-order valence-corrected chi connectivity index (χ4v) is 2.81. The van der Waals surface area contributed by atoms with E-state index >= 15 is 0 Å². The number of para-hydroxylation sites is 1. The van der Waals surface area contributed by atoms with Crippen LogP contribution in [0.1, 0.15) is 10.6 Å². The molecule has 4 nitrogen and oxygen atoms in total. The maximum Gasteiger partial charge on any atom is 0.129 e. The molecule has 0 radical (unpaired) electrons. The summed E-state index contributed by atoms with van der Waals surface area (Å²) >= 11 is 1.51. The van der Waals surface area contributed by atoms with Crippen molar-refractivity contribution in [2.24, 2.45) is 0 Å². The smallest absolute Gasteiger partial charge is 0.129 e. The Bertz CT molecular complexity index is 602. The van der Waals surface area contributed by atoms with Gasteiger partial charge in [0.25, 0.3) is 0 Å². The van der Waals surface area contributed by atoms with E-state index < -0.39 is 0 Å². The lowest BCUT2D eigenvalue weighted by atomic mass is 10.2. The van der Waals surface area contributed by atoms with E-state index in [1.807, 2.05) is 24.3 Å². The third kappa shape index (κ3) is 2.92. The molecule has 0 saturated carbocycles. The molecule has 0 spiro atoms. The number of hydrogen-bond acceptors (Lipinski definition) is 5. The van der Waals surface area contributed by atoms with Crippen molar-refractivity contribution in [3.8, 4) is 22.4 Å². The predicted molar refractivity (Wildman–Crippen MR) is 74.1 cm³/mol. The van der Waals surface area contributed by atoms with Crippen LogP contribution >= 0.6 is 11.3 Å². The SMILES string of the molecule is COCc1nc(-c2ccccc2OC)sc1CC#N. The number of benzene rings is 1. The van der Waals surface area contributed by atoms with E-state index in [0.29, 0.717) is 13.0 Å². The lowest BCUT2D eigenvalue weighted by Gasteiger charge is -2.04. The number of thiazole rings is 1. The Labute approximate surface area is 116 Å². The minimum atomic E-state index is 0.353. The fraction of sp³-hybridized carbons (Fsp3) is 0.286. The van der Waals surface area contributed by atoms with E-state index in [4.69, 9.17) is 14.7 Å². The fourth-order valence-electron chi connectivity index (χ4n) is 1.78. The first kappa shape index (κ1) is 13.5. The van der Waals surface area contributed by atoms with Gasteiger partial charge in [-0.15, -0.1) is 11.3 Å². The second kappa shape index (κ2) is 6.32. The highest BCUT2D eigenvalue weighted by molar-refractivity contribution is 7.15. The van der Waals surface area contributed by atoms with E-state index in [1.54, 1.807) is 14.2 Å². The molecule has 0 atom stereocenters. The largest absolute Gasteiger partial charge is 0.496 e. The first-order valence-corrected chi connectivity index (χ1v) is 6.59. The van der Waals surface area contributed by atoms with Crippen molar-refractivity contribution >= 4 is 11.3 Å². The van der Waals surface area contributed by atoms with Crippen molar-refractivity contribution in [3.05, 3.63) is 34.8 Å². The summed E-state index contributed by atoms with van der Waals surface area (Å²) in [4.78, 5) is 5.51. The van der Waals surface area contributed by atoms with Crippen LogP contribution in [-0.2, 0) is 17.8 Å². The topological polar surface area (TPSA) is 55.1 Å². The van der Waals surface area contributed by atoms with Gasteiger partial charge in [0, 0.05) is 12.0 Å². The molecule has 1 heterocycles. The summed E-state index contributed by atoms with van der Waals surface area (Å²) in [6, 6.07) is 9.88. The van der Waals surface area contributed by atoms with Gasteiger partial charge in [-0.3, -0.25) is 0 Å². The van der Waals surface area contributed by atoms with Gasteiger partial charge in [0.1, 0.15) is 10.8 Å². The molecule has 5 heteroatoms. The number of rotatable bonds is 5. The average molecular weight is 274 g/mol. The van der Waals surface area contributed by atoms with E-state index in [-0.39, 0.29) is 0 Å². The zero-order valence-corrected chi connectivity index (χ0v) is 11.7. The molecule has 0 bridgehead atoms. The van der Waals surface area contributed by atoms with Gasteiger partial charge >= 0.3 is 0 Å². The molecule has 19 heavy (non-hydrogen) atoms. The average Bonchev–Trinajstić information content (AvgIpc) is 2.83. The molecule has 2 aromatic rings. The van der Waals surface area contributed by atoms with E-state index in [0.717, 1.165) is 26.9 Å². The van der Waals surface area contributed by atoms with Crippen molar-refractivity contribution in [1.82, 2.24) is 4.98 Å². The molecule has 1 aromatic heterocycles. The summed E-state index contributed by atoms with van der Waals surface area (Å²) in [6.07, 6.45) is 0.353. The minimum absolute atomic E-state index is 0.353. The molecule has 0 N–H and O–H groups in total. The van der Waals surface area contributed by atoms with Crippen LogP contribution in [0.25, 0.3) is 10.6 Å². The third-order valence-corrected chi connectivity index (χ3v) is 3.77. The molecule has 0 amide bonds. The van der Waals surface area contributed by atoms with Gasteiger partial charge in [0.05, 0.1) is 37.5 Å². The Balaban J connectivity index is 2.45. The lowest BCUT2D eigenvalue weighted by molar-refractivity contribution is 0.181. The molecule has 0 aliphatic heterocycles. The normalized spacial score (nSPS) is 10.2. The second-order valence-corrected chi connectivity index (χ2v) is 4.94. The van der Waals surface area contributed by atoms with Crippen molar-refractivity contribution in [2.75, 3.05) is 14.2 Å². The molecule has 0 saturated heterocycles. The summed E-state index contributed by atoms with van der Waals surface area (Å²) in [5, 5.41) is 9.71. The van der Waals surface area contributed by atoms with Crippen molar-refractivity contribution in [2.45, 2.75) is 13.0 Å². The summed E-state index contributed by atoms with van der Waals surface area (Å²) in [6.45, 7) is 0.419. The Morgan fingerprint density at radius 3 is 2.79 bits per heavy atom. The number of nitrogens with zero attached hydrogens (tertiary/aromatic N) is 2. The molecular weight excluding hydrogens is 260 g/mol. The highest BCUT2D eigenvalue weighted by Gasteiger charge is 2.14. The molecule has 2 rings (SSSR count). The number of hydrogen-bond donors (Lipinski definition) is 0. The Morgan fingerprint density at radius 1 is 1.32 bits per heavy atom. The number of ether oxygens (including phenoxy) is 2. The van der Waals surface area contributed by atoms with E-state index in [9.17, 15) is 0 Å². The van der Waals surface area contributed by atoms with Gasteiger partial charge in [0.2, 0.25) is 0 Å². The van der Waals surface area contributed by atoms with Gasteiger partial charge in [-0.25, -0.2) is 4.98 Å². The van der Waals surface area contributed by atoms with Crippen LogP contribution in [0.2, 0.25) is 0 Å². The molecule has 98 valence electrons. The maximum absolute atomic E-state index is 8.86. The van der Waals surface area contributed by atoms with Gasteiger partial charge in [-0.05, 0) is 12.1 Å².